The van der Waals surface area contributed by atoms with Crippen molar-refractivity contribution < 1.29 is 4.79 Å². The van der Waals surface area contributed by atoms with Crippen molar-refractivity contribution in [2.75, 3.05) is 5.32 Å². The predicted molar refractivity (Wildman–Crippen MR) is 96.5 cm³/mol. The van der Waals surface area contributed by atoms with Gasteiger partial charge in [0.1, 0.15) is 6.33 Å². The Bertz CT molecular complexity index is 834. The molecule has 7 heteroatoms. The number of nitrogens with one attached hydrogen (secondary N) is 2. The Morgan fingerprint density at radius 2 is 2.04 bits per heavy atom. The molecule has 0 radical (unpaired) electrons. The molecule has 0 fully saturated rings. The van der Waals surface area contributed by atoms with E-state index in [2.05, 4.69) is 20.5 Å². The van der Waals surface area contributed by atoms with Crippen LogP contribution in [0.25, 0.3) is 0 Å². The lowest BCUT2D eigenvalue weighted by molar-refractivity contribution is 0.102. The molecule has 24 heavy (non-hydrogen) atoms. The van der Waals surface area contributed by atoms with Crippen molar-refractivity contribution in [3.05, 3.63) is 70.5 Å². The van der Waals surface area contributed by atoms with E-state index in [4.69, 9.17) is 11.6 Å². The van der Waals surface area contributed by atoms with Gasteiger partial charge in [-0.1, -0.05) is 41.6 Å². The molecule has 0 unspecified atom stereocenters. The summed E-state index contributed by atoms with van der Waals surface area (Å²) in [4.78, 5) is 16.4. The van der Waals surface area contributed by atoms with Crippen LogP contribution in [0.1, 0.15) is 21.5 Å². The summed E-state index contributed by atoms with van der Waals surface area (Å²) in [5.74, 6) is 0.597. The minimum absolute atomic E-state index is 0.158. The number of aryl methyl sites for hydroxylation is 1. The zero-order valence-corrected chi connectivity index (χ0v) is 14.5. The van der Waals surface area contributed by atoms with E-state index in [1.54, 1.807) is 23.9 Å². The van der Waals surface area contributed by atoms with Crippen LogP contribution in [0.5, 0.6) is 0 Å². The number of nitrogens with zero attached hydrogens (tertiary/aromatic N) is 2. The Kier molecular flexibility index (Phi) is 5.17. The summed E-state index contributed by atoms with van der Waals surface area (Å²) in [6.45, 7) is 1.93. The molecular formula is C17H15ClN4OS. The molecule has 0 aliphatic rings. The number of carbonyl (C=O) groups excluding carboxylic acids is 1. The molecule has 1 aromatic heterocycles. The van der Waals surface area contributed by atoms with Crippen molar-refractivity contribution in [1.29, 1.82) is 0 Å². The zero-order valence-electron chi connectivity index (χ0n) is 12.9. The highest BCUT2D eigenvalue weighted by atomic mass is 35.5. The number of hydrogen-bond acceptors (Lipinski definition) is 4. The second kappa shape index (κ2) is 7.51. The molecule has 0 aliphatic heterocycles. The van der Waals surface area contributed by atoms with Crippen LogP contribution in [0.2, 0.25) is 5.02 Å². The van der Waals surface area contributed by atoms with Crippen LogP contribution in [0.15, 0.2) is 53.9 Å². The van der Waals surface area contributed by atoms with Crippen LogP contribution in [0.4, 0.5) is 5.69 Å². The van der Waals surface area contributed by atoms with Crippen molar-refractivity contribution >= 4 is 35.0 Å². The van der Waals surface area contributed by atoms with Gasteiger partial charge < -0.3 is 5.32 Å². The Morgan fingerprint density at radius 1 is 1.25 bits per heavy atom. The lowest BCUT2D eigenvalue weighted by atomic mass is 10.1. The Labute approximate surface area is 148 Å². The van der Waals surface area contributed by atoms with E-state index in [0.29, 0.717) is 10.6 Å². The number of H-pyrrole nitrogens is 1. The van der Waals surface area contributed by atoms with Gasteiger partial charge in [0.15, 0.2) is 5.16 Å². The summed E-state index contributed by atoms with van der Waals surface area (Å²) < 4.78 is 0. The molecule has 0 bridgehead atoms. The summed E-state index contributed by atoms with van der Waals surface area (Å²) in [6.07, 6.45) is 1.48. The number of amides is 1. The average molecular weight is 359 g/mol. The van der Waals surface area contributed by atoms with Gasteiger partial charge in [0.2, 0.25) is 0 Å². The molecule has 0 saturated carbocycles. The van der Waals surface area contributed by atoms with E-state index in [9.17, 15) is 4.79 Å². The first-order chi connectivity index (χ1) is 11.6. The molecule has 122 valence electrons. The van der Waals surface area contributed by atoms with E-state index in [0.717, 1.165) is 27.7 Å². The average Bonchev–Trinajstić information content (AvgIpc) is 3.10. The molecule has 0 aliphatic carbocycles. The van der Waals surface area contributed by atoms with Crippen molar-refractivity contribution in [1.82, 2.24) is 15.2 Å². The number of anilines is 1. The van der Waals surface area contributed by atoms with Crippen molar-refractivity contribution in [3.8, 4) is 0 Å². The maximum atomic E-state index is 12.4. The van der Waals surface area contributed by atoms with E-state index >= 15 is 0 Å². The fourth-order valence-electron chi connectivity index (χ4n) is 2.09. The Balaban J connectivity index is 1.64. The van der Waals surface area contributed by atoms with Gasteiger partial charge >= 0.3 is 0 Å². The van der Waals surface area contributed by atoms with Gasteiger partial charge in [0.05, 0.1) is 0 Å². The maximum absolute atomic E-state index is 12.4. The third-order valence-corrected chi connectivity index (χ3v) is 4.62. The maximum Gasteiger partial charge on any atom is 0.255 e. The smallest absolute Gasteiger partial charge is 0.255 e. The molecule has 5 nitrogen and oxygen atoms in total. The fourth-order valence-corrected chi connectivity index (χ4v) is 3.00. The van der Waals surface area contributed by atoms with Crippen LogP contribution < -0.4 is 5.32 Å². The molecule has 3 aromatic rings. The Hall–Kier alpha value is -2.31. The summed E-state index contributed by atoms with van der Waals surface area (Å²) in [7, 11) is 0. The zero-order chi connectivity index (χ0) is 16.9. The number of thioether (sulfide) groups is 1. The summed E-state index contributed by atoms with van der Waals surface area (Å²) in [5.41, 5.74) is 3.39. The third-order valence-electron chi connectivity index (χ3n) is 3.43. The van der Waals surface area contributed by atoms with Gasteiger partial charge in [-0.05, 0) is 42.3 Å². The first kappa shape index (κ1) is 16.5. The second-order valence-electron chi connectivity index (χ2n) is 5.19. The van der Waals surface area contributed by atoms with Gasteiger partial charge in [-0.3, -0.25) is 9.89 Å². The van der Waals surface area contributed by atoms with Crippen molar-refractivity contribution in [3.63, 3.8) is 0 Å². The first-order valence-electron chi connectivity index (χ1n) is 7.26. The van der Waals surface area contributed by atoms with Crippen LogP contribution in [-0.2, 0) is 5.75 Å². The molecule has 0 spiro atoms. The number of aromatic nitrogens is 3. The normalized spacial score (nSPS) is 10.6. The number of rotatable bonds is 5. The van der Waals surface area contributed by atoms with E-state index in [1.807, 2.05) is 37.3 Å². The van der Waals surface area contributed by atoms with E-state index in [1.165, 1.54) is 6.33 Å². The topological polar surface area (TPSA) is 70.7 Å². The number of carbonyl (C=O) groups is 1. The number of benzene rings is 2. The van der Waals surface area contributed by atoms with Gasteiger partial charge in [0, 0.05) is 22.0 Å². The summed E-state index contributed by atoms with van der Waals surface area (Å²) in [5, 5.41) is 10.9. The highest BCUT2D eigenvalue weighted by Gasteiger charge is 2.08. The molecule has 0 saturated heterocycles. The van der Waals surface area contributed by atoms with Crippen LogP contribution >= 0.6 is 23.4 Å². The minimum Gasteiger partial charge on any atom is -0.322 e. The highest BCUT2D eigenvalue weighted by molar-refractivity contribution is 7.98. The van der Waals surface area contributed by atoms with Crippen LogP contribution in [0.3, 0.4) is 0 Å². The van der Waals surface area contributed by atoms with Gasteiger partial charge in [-0.15, -0.1) is 0 Å². The van der Waals surface area contributed by atoms with Gasteiger partial charge in [-0.25, -0.2) is 4.98 Å². The largest absolute Gasteiger partial charge is 0.322 e. The lowest BCUT2D eigenvalue weighted by Gasteiger charge is -2.09. The highest BCUT2D eigenvalue weighted by Crippen LogP contribution is 2.22. The predicted octanol–water partition coefficient (Wildman–Crippen LogP) is 4.31. The lowest BCUT2D eigenvalue weighted by Crippen LogP contribution is -2.12. The monoisotopic (exact) mass is 358 g/mol. The van der Waals surface area contributed by atoms with E-state index < -0.39 is 0 Å². The summed E-state index contributed by atoms with van der Waals surface area (Å²) >= 11 is 7.53. The van der Waals surface area contributed by atoms with Crippen LogP contribution in [-0.4, -0.2) is 21.1 Å². The number of halogens is 1. The number of hydrogen-bond donors (Lipinski definition) is 2. The SMILES string of the molecule is Cc1ccc(Cl)cc1NC(=O)c1ccc(CSc2ncn[nH]2)cc1. The van der Waals surface area contributed by atoms with E-state index in [-0.39, 0.29) is 5.91 Å². The first-order valence-corrected chi connectivity index (χ1v) is 8.63. The molecule has 1 amide bonds. The van der Waals surface area contributed by atoms with Gasteiger partial charge in [-0.2, -0.15) is 5.10 Å². The number of aromatic amines is 1. The molecule has 2 aromatic carbocycles. The molecular weight excluding hydrogens is 344 g/mol. The van der Waals surface area contributed by atoms with Crippen molar-refractivity contribution in [2.45, 2.75) is 17.8 Å². The standard InChI is InChI=1S/C17H15ClN4OS/c1-11-2-7-14(18)8-15(11)21-16(23)13-5-3-12(4-6-13)9-24-17-19-10-20-22-17/h2-8,10H,9H2,1H3,(H,21,23)(H,19,20,22). The molecule has 0 atom stereocenters. The minimum atomic E-state index is -0.158. The summed E-state index contributed by atoms with van der Waals surface area (Å²) in [6, 6.07) is 12.9. The quantitative estimate of drug-likeness (QED) is 0.667. The second-order valence-corrected chi connectivity index (χ2v) is 6.59. The van der Waals surface area contributed by atoms with Gasteiger partial charge in [0.25, 0.3) is 5.91 Å². The molecule has 3 rings (SSSR count). The van der Waals surface area contributed by atoms with Crippen LogP contribution in [0, 0.1) is 6.92 Å². The fraction of sp³-hybridized carbons (Fsp3) is 0.118. The molecule has 1 heterocycles. The third kappa shape index (κ3) is 4.15. The molecule has 2 N–H and O–H groups in total. The Morgan fingerprint density at radius 3 is 2.75 bits per heavy atom. The van der Waals surface area contributed by atoms with Crippen molar-refractivity contribution in [2.24, 2.45) is 0 Å².